The van der Waals surface area contributed by atoms with Gasteiger partial charge in [-0.05, 0) is 35.1 Å². The Hall–Kier alpha value is -5.16. The number of nitrogens with one attached hydrogen (secondary N) is 3. The number of carboxylic acid groups (broad SMARTS) is 3. The monoisotopic (exact) mass is 1060 g/mol. The van der Waals surface area contributed by atoms with E-state index < -0.39 is 105 Å². The molecule has 1 aromatic heterocycles. The summed E-state index contributed by atoms with van der Waals surface area (Å²) in [6.45, 7) is 0.0260. The molecule has 2 aliphatic rings. The highest BCUT2D eigenvalue weighted by Crippen LogP contribution is 2.54. The Kier molecular flexibility index (Phi) is 21.9. The molecule has 8 atom stereocenters. The predicted molar refractivity (Wildman–Crippen MR) is 268 cm³/mol. The SMILES string of the molecule is Nc1nc(=O)n(C2CC(O)C(COP(P)P)O2)cc1C#CCNC(=O)CCSSCCCC(NC(=O)OCC1c2ccccc2-c2ccccc21)C(=O)CC(CC(=O)O)C(=O)NC(CC(=O)O)C(=O)O. The summed E-state index contributed by atoms with van der Waals surface area (Å²) in [5.41, 5.74) is 9.39. The summed E-state index contributed by atoms with van der Waals surface area (Å²) in [5.74, 6) is -2.45. The Morgan fingerprint density at radius 2 is 1.57 bits per heavy atom. The van der Waals surface area contributed by atoms with Gasteiger partial charge < -0.3 is 56.1 Å². The maximum Gasteiger partial charge on any atom is 0.407 e. The first-order chi connectivity index (χ1) is 33.4. The van der Waals surface area contributed by atoms with E-state index in [0.29, 0.717) is 17.9 Å². The smallest absolute Gasteiger partial charge is 0.407 e. The summed E-state index contributed by atoms with van der Waals surface area (Å²) < 4.78 is 18.2. The number of carbonyl (C=O) groups is 7. The molecular weight excluding hydrogens is 1010 g/mol. The number of aliphatic carboxylic acids is 3. The van der Waals surface area contributed by atoms with Gasteiger partial charge in [-0.1, -0.05) is 99.8 Å². The van der Waals surface area contributed by atoms with Crippen molar-refractivity contribution in [1.82, 2.24) is 25.5 Å². The number of rotatable bonds is 26. The van der Waals surface area contributed by atoms with Crippen molar-refractivity contribution in [2.45, 2.75) is 81.4 Å². The maximum absolute atomic E-state index is 13.8. The molecule has 1 saturated heterocycles. The van der Waals surface area contributed by atoms with Crippen LogP contribution in [0.2, 0.25) is 0 Å². The van der Waals surface area contributed by atoms with Crippen molar-refractivity contribution in [3.05, 3.63) is 81.9 Å². The molecule has 21 nitrogen and oxygen atoms in total. The van der Waals surface area contributed by atoms with Crippen molar-refractivity contribution >= 4 is 94.4 Å². The molecule has 70 heavy (non-hydrogen) atoms. The molecule has 3 amide bonds. The molecule has 1 aliphatic heterocycles. The molecule has 8 unspecified atom stereocenters. The minimum absolute atomic E-state index is 0.0358. The van der Waals surface area contributed by atoms with Crippen LogP contribution >= 0.6 is 47.0 Å². The van der Waals surface area contributed by atoms with E-state index in [4.69, 9.17) is 24.8 Å². The minimum atomic E-state index is -1.89. The number of nitrogens with two attached hydrogens (primary N) is 1. The number of aromatic nitrogens is 2. The summed E-state index contributed by atoms with van der Waals surface area (Å²) in [6.07, 6.45) is -3.85. The zero-order chi connectivity index (χ0) is 50.9. The zero-order valence-corrected chi connectivity index (χ0v) is 42.2. The molecule has 5 rings (SSSR count). The second-order valence-corrected chi connectivity index (χ2v) is 24.4. The fourth-order valence-electron chi connectivity index (χ4n) is 7.56. The van der Waals surface area contributed by atoms with E-state index in [1.807, 2.05) is 53.8 Å². The topological polar surface area (TPSA) is 325 Å². The van der Waals surface area contributed by atoms with Crippen LogP contribution in [0.3, 0.4) is 0 Å². The van der Waals surface area contributed by atoms with E-state index in [9.17, 15) is 53.7 Å². The molecule has 0 saturated carbocycles. The third kappa shape index (κ3) is 16.7. The number of alkyl carbamates (subject to hydrolysis) is 1. The van der Waals surface area contributed by atoms with Crippen molar-refractivity contribution in [2.75, 3.05) is 37.0 Å². The van der Waals surface area contributed by atoms with Gasteiger partial charge in [0.1, 0.15) is 30.8 Å². The maximum atomic E-state index is 13.8. The van der Waals surface area contributed by atoms with Gasteiger partial charge in [-0.15, -0.1) is 0 Å². The van der Waals surface area contributed by atoms with Gasteiger partial charge in [0.05, 0.1) is 57.1 Å². The lowest BCUT2D eigenvalue weighted by molar-refractivity contribution is -0.148. The van der Waals surface area contributed by atoms with E-state index in [1.54, 1.807) is 0 Å². The number of benzene rings is 2. The first kappa shape index (κ1) is 55.8. The number of nitrogens with zero attached hydrogens (tertiary/aromatic N) is 2. The molecule has 376 valence electrons. The van der Waals surface area contributed by atoms with Crippen LogP contribution in [0.1, 0.15) is 73.8 Å². The lowest BCUT2D eigenvalue weighted by atomic mass is 9.92. The molecule has 0 spiro atoms. The number of fused-ring (bicyclic) bond motifs is 3. The molecule has 2 aromatic carbocycles. The fourth-order valence-corrected chi connectivity index (χ4v) is 10.5. The van der Waals surface area contributed by atoms with Crippen LogP contribution in [-0.4, -0.2) is 127 Å². The summed E-state index contributed by atoms with van der Waals surface area (Å²) in [6, 6.07) is 12.2. The van der Waals surface area contributed by atoms with Gasteiger partial charge >= 0.3 is 29.7 Å². The summed E-state index contributed by atoms with van der Waals surface area (Å²) in [4.78, 5) is 104. The van der Waals surface area contributed by atoms with E-state index in [1.165, 1.54) is 32.4 Å². The number of amides is 3. The number of Topliss-reactive ketones (excluding diaryl/α,β-unsaturated/α-hetero) is 1. The summed E-state index contributed by atoms with van der Waals surface area (Å²) in [7, 11) is 6.94. The molecule has 0 radical (unpaired) electrons. The van der Waals surface area contributed by atoms with Crippen LogP contribution in [0.25, 0.3) is 11.1 Å². The molecular formula is C44H53N6O15P3S2. The number of hydrogen-bond acceptors (Lipinski definition) is 16. The number of ketones is 1. The number of hydrogen-bond donors (Lipinski definition) is 8. The highest BCUT2D eigenvalue weighted by molar-refractivity contribution is 8.76. The van der Waals surface area contributed by atoms with Crippen LogP contribution in [-0.2, 0) is 42.8 Å². The third-order valence-electron chi connectivity index (χ3n) is 11.0. The molecule has 2 heterocycles. The average molecular weight is 1060 g/mol. The number of carboxylic acids is 3. The van der Waals surface area contributed by atoms with Crippen molar-refractivity contribution in [1.29, 1.82) is 0 Å². The third-order valence-corrected chi connectivity index (χ3v) is 14.8. The first-order valence-corrected chi connectivity index (χ1v) is 28.7. The molecule has 0 bridgehead atoms. The van der Waals surface area contributed by atoms with Crippen molar-refractivity contribution in [3.63, 3.8) is 0 Å². The van der Waals surface area contributed by atoms with Gasteiger partial charge in [0.15, 0.2) is 5.78 Å². The van der Waals surface area contributed by atoms with Crippen LogP contribution < -0.4 is 27.4 Å². The second-order valence-electron chi connectivity index (χ2n) is 15.9. The van der Waals surface area contributed by atoms with E-state index in [0.717, 1.165) is 22.3 Å². The predicted octanol–water partition coefficient (Wildman–Crippen LogP) is 3.49. The number of nitrogen functional groups attached to an aromatic ring is 1. The van der Waals surface area contributed by atoms with Crippen molar-refractivity contribution < 1.29 is 68.0 Å². The molecule has 26 heteroatoms. The van der Waals surface area contributed by atoms with E-state index >= 15 is 0 Å². The highest BCUT2D eigenvalue weighted by atomic mass is 33.1. The molecule has 1 aliphatic carbocycles. The Labute approximate surface area is 415 Å². The largest absolute Gasteiger partial charge is 0.481 e. The normalized spacial score (nSPS) is 17.2. The average Bonchev–Trinajstić information content (AvgIpc) is 3.84. The van der Waals surface area contributed by atoms with Crippen LogP contribution in [0.4, 0.5) is 10.6 Å². The highest BCUT2D eigenvalue weighted by Gasteiger charge is 2.37. The molecule has 3 aromatic rings. The Morgan fingerprint density at radius 1 is 0.914 bits per heavy atom. The molecule has 1 fully saturated rings. The Morgan fingerprint density at radius 3 is 2.21 bits per heavy atom. The van der Waals surface area contributed by atoms with Crippen LogP contribution in [0, 0.1) is 17.8 Å². The van der Waals surface area contributed by atoms with Crippen LogP contribution in [0.15, 0.2) is 59.5 Å². The number of aliphatic hydroxyl groups is 1. The zero-order valence-electron chi connectivity index (χ0n) is 37.4. The lowest BCUT2D eigenvalue weighted by Gasteiger charge is -2.22. The Balaban J connectivity index is 1.12. The standard InChI is InChI=1S/C44H53N6O15P3S2/c45-40-24(21-50(43(61)49-40)37-20-34(52)35(65-37)23-64-68(66)67)7-5-14-46-36(53)13-16-70-69-15-6-12-31(33(51)17-25(18-38(54)55)41(58)47-32(42(59)60)19-39(56)57)48-44(62)63-22-30-28-10-3-1-8-26(28)27-9-2-4-11-29(27)30/h1-4,8-11,21,25,30-32,34-35,37,52H,6,12-20,22-23,66-67H2,(H,46,53)(H,47,58)(H,48,62)(H,54,55)(H,56,57)(H,59,60)(H2,45,49,61). The lowest BCUT2D eigenvalue weighted by Crippen LogP contribution is -2.47. The summed E-state index contributed by atoms with van der Waals surface area (Å²) in [5, 5.41) is 45.8. The van der Waals surface area contributed by atoms with Crippen molar-refractivity contribution in [3.8, 4) is 23.0 Å². The van der Waals surface area contributed by atoms with Gasteiger partial charge in [-0.25, -0.2) is 14.4 Å². The van der Waals surface area contributed by atoms with Crippen molar-refractivity contribution in [2.24, 2.45) is 5.92 Å². The van der Waals surface area contributed by atoms with E-state index in [-0.39, 0.29) is 62.2 Å². The van der Waals surface area contributed by atoms with Gasteiger partial charge in [0.2, 0.25) is 11.8 Å². The van der Waals surface area contributed by atoms with Gasteiger partial charge in [-0.3, -0.25) is 28.5 Å². The quantitative estimate of drug-likeness (QED) is 0.0247. The Bertz CT molecular complexity index is 2480. The van der Waals surface area contributed by atoms with Crippen LogP contribution in [0.5, 0.6) is 0 Å². The molecule has 9 N–H and O–H groups in total. The fraction of sp³-hybridized carbons (Fsp3) is 0.432. The van der Waals surface area contributed by atoms with E-state index in [2.05, 4.69) is 45.3 Å². The van der Waals surface area contributed by atoms with Gasteiger partial charge in [0.25, 0.3) is 0 Å². The minimum Gasteiger partial charge on any atom is -0.481 e. The summed E-state index contributed by atoms with van der Waals surface area (Å²) >= 11 is 0. The number of carbonyl (C=O) groups excluding carboxylic acids is 4. The second kappa shape index (κ2) is 27.4. The number of anilines is 1. The number of ether oxygens (including phenoxy) is 2. The number of aliphatic hydroxyl groups excluding tert-OH is 1. The first-order valence-electron chi connectivity index (χ1n) is 21.7. The van der Waals surface area contributed by atoms with Gasteiger partial charge in [-0.2, -0.15) is 4.98 Å². The van der Waals surface area contributed by atoms with Gasteiger partial charge in [0, 0.05) is 42.9 Å².